The number of carbonyl (C=O) groups excluding carboxylic acids is 1. The van der Waals surface area contributed by atoms with Gasteiger partial charge in [-0.1, -0.05) is 25.7 Å². The molecule has 1 atom stereocenters. The highest BCUT2D eigenvalue weighted by atomic mass is 16.4. The summed E-state index contributed by atoms with van der Waals surface area (Å²) in [4.78, 5) is 21.6. The van der Waals surface area contributed by atoms with E-state index in [9.17, 15) is 9.59 Å². The molecule has 0 aromatic rings. The third-order valence-corrected chi connectivity index (χ3v) is 2.72. The van der Waals surface area contributed by atoms with Crippen LogP contribution in [0, 0.1) is 5.92 Å². The SMILES string of the molecule is CC(=O)N[C@@H](CC1CCCC1)C(=O)O. The summed E-state index contributed by atoms with van der Waals surface area (Å²) < 4.78 is 0. The molecule has 0 aromatic carbocycles. The van der Waals surface area contributed by atoms with Gasteiger partial charge in [0.2, 0.25) is 5.91 Å². The maximum absolute atomic E-state index is 10.8. The highest BCUT2D eigenvalue weighted by Gasteiger charge is 2.25. The maximum atomic E-state index is 10.8. The lowest BCUT2D eigenvalue weighted by Gasteiger charge is -2.16. The Morgan fingerprint density at radius 1 is 1.43 bits per heavy atom. The van der Waals surface area contributed by atoms with Crippen molar-refractivity contribution >= 4 is 11.9 Å². The molecule has 1 aliphatic carbocycles. The fourth-order valence-electron chi connectivity index (χ4n) is 2.05. The number of carboxylic acid groups (broad SMARTS) is 1. The molecular weight excluding hydrogens is 182 g/mol. The van der Waals surface area contributed by atoms with Crippen molar-refractivity contribution in [3.05, 3.63) is 0 Å². The van der Waals surface area contributed by atoms with E-state index < -0.39 is 12.0 Å². The van der Waals surface area contributed by atoms with Crippen molar-refractivity contribution in [1.29, 1.82) is 0 Å². The Hall–Kier alpha value is -1.06. The summed E-state index contributed by atoms with van der Waals surface area (Å²) >= 11 is 0. The van der Waals surface area contributed by atoms with E-state index in [-0.39, 0.29) is 5.91 Å². The van der Waals surface area contributed by atoms with Crippen LogP contribution in [-0.4, -0.2) is 23.0 Å². The lowest BCUT2D eigenvalue weighted by molar-refractivity contribution is -0.142. The number of rotatable bonds is 4. The second kappa shape index (κ2) is 4.98. The number of carboxylic acids is 1. The van der Waals surface area contributed by atoms with Gasteiger partial charge in [0, 0.05) is 6.92 Å². The highest BCUT2D eigenvalue weighted by molar-refractivity contribution is 5.82. The zero-order chi connectivity index (χ0) is 10.6. The molecule has 0 unspecified atom stereocenters. The van der Waals surface area contributed by atoms with Crippen molar-refractivity contribution in [1.82, 2.24) is 5.32 Å². The highest BCUT2D eigenvalue weighted by Crippen LogP contribution is 2.28. The quantitative estimate of drug-likeness (QED) is 0.714. The first-order chi connectivity index (χ1) is 6.59. The van der Waals surface area contributed by atoms with Crippen molar-refractivity contribution in [3.8, 4) is 0 Å². The van der Waals surface area contributed by atoms with Gasteiger partial charge in [0.25, 0.3) is 0 Å². The number of amides is 1. The second-order valence-corrected chi connectivity index (χ2v) is 3.98. The molecule has 80 valence electrons. The summed E-state index contributed by atoms with van der Waals surface area (Å²) in [5, 5.41) is 11.3. The third kappa shape index (κ3) is 3.36. The largest absolute Gasteiger partial charge is 0.480 e. The first kappa shape index (κ1) is 11.0. The van der Waals surface area contributed by atoms with Crippen molar-refractivity contribution in [2.24, 2.45) is 5.92 Å². The average Bonchev–Trinajstić information content (AvgIpc) is 2.54. The molecule has 14 heavy (non-hydrogen) atoms. The molecule has 0 radical (unpaired) electrons. The van der Waals surface area contributed by atoms with Gasteiger partial charge in [-0.05, 0) is 12.3 Å². The fourth-order valence-corrected chi connectivity index (χ4v) is 2.05. The van der Waals surface area contributed by atoms with Gasteiger partial charge in [-0.25, -0.2) is 4.79 Å². The van der Waals surface area contributed by atoms with Crippen molar-refractivity contribution in [2.45, 2.75) is 45.1 Å². The van der Waals surface area contributed by atoms with E-state index in [2.05, 4.69) is 5.32 Å². The lowest BCUT2D eigenvalue weighted by atomic mass is 9.98. The van der Waals surface area contributed by atoms with Crippen LogP contribution in [0.25, 0.3) is 0 Å². The molecule has 0 saturated heterocycles. The van der Waals surface area contributed by atoms with E-state index >= 15 is 0 Å². The molecule has 0 aliphatic heterocycles. The minimum Gasteiger partial charge on any atom is -0.480 e. The molecule has 0 bridgehead atoms. The van der Waals surface area contributed by atoms with Crippen LogP contribution in [0.2, 0.25) is 0 Å². The molecule has 1 aliphatic rings. The zero-order valence-corrected chi connectivity index (χ0v) is 8.45. The van der Waals surface area contributed by atoms with Gasteiger partial charge in [0.1, 0.15) is 6.04 Å². The summed E-state index contributed by atoms with van der Waals surface area (Å²) in [6.45, 7) is 1.35. The van der Waals surface area contributed by atoms with Crippen molar-refractivity contribution < 1.29 is 14.7 Å². The van der Waals surface area contributed by atoms with Gasteiger partial charge < -0.3 is 10.4 Å². The molecule has 0 spiro atoms. The Morgan fingerprint density at radius 3 is 2.43 bits per heavy atom. The summed E-state index contributed by atoms with van der Waals surface area (Å²) in [6.07, 6.45) is 5.16. The first-order valence-corrected chi connectivity index (χ1v) is 5.09. The first-order valence-electron chi connectivity index (χ1n) is 5.09. The number of nitrogens with one attached hydrogen (secondary N) is 1. The minimum absolute atomic E-state index is 0.268. The van der Waals surface area contributed by atoms with Crippen LogP contribution in [-0.2, 0) is 9.59 Å². The summed E-state index contributed by atoms with van der Waals surface area (Å²) in [7, 11) is 0. The monoisotopic (exact) mass is 199 g/mol. The number of hydrogen-bond acceptors (Lipinski definition) is 2. The van der Waals surface area contributed by atoms with E-state index in [0.717, 1.165) is 12.8 Å². The van der Waals surface area contributed by atoms with Crippen LogP contribution < -0.4 is 5.32 Å². The molecule has 0 aromatic heterocycles. The molecule has 4 heteroatoms. The van der Waals surface area contributed by atoms with Crippen molar-refractivity contribution in [2.75, 3.05) is 0 Å². The Morgan fingerprint density at radius 2 is 2.00 bits per heavy atom. The number of aliphatic carboxylic acids is 1. The van der Waals surface area contributed by atoms with E-state index in [1.807, 2.05) is 0 Å². The topological polar surface area (TPSA) is 66.4 Å². The van der Waals surface area contributed by atoms with E-state index in [0.29, 0.717) is 12.3 Å². The molecule has 4 nitrogen and oxygen atoms in total. The van der Waals surface area contributed by atoms with Crippen LogP contribution in [0.5, 0.6) is 0 Å². The normalized spacial score (nSPS) is 19.2. The molecule has 1 rings (SSSR count). The molecule has 1 fully saturated rings. The third-order valence-electron chi connectivity index (χ3n) is 2.72. The van der Waals surface area contributed by atoms with E-state index in [4.69, 9.17) is 5.11 Å². The predicted molar refractivity (Wildman–Crippen MR) is 51.8 cm³/mol. The molecule has 2 N–H and O–H groups in total. The molecule has 1 saturated carbocycles. The van der Waals surface area contributed by atoms with Crippen LogP contribution in [0.15, 0.2) is 0 Å². The smallest absolute Gasteiger partial charge is 0.326 e. The van der Waals surface area contributed by atoms with Gasteiger partial charge in [0.05, 0.1) is 0 Å². The number of hydrogen-bond donors (Lipinski definition) is 2. The van der Waals surface area contributed by atoms with Crippen LogP contribution in [0.1, 0.15) is 39.0 Å². The summed E-state index contributed by atoms with van der Waals surface area (Å²) in [5.74, 6) is -0.717. The Balaban J connectivity index is 2.41. The second-order valence-electron chi connectivity index (χ2n) is 3.98. The van der Waals surface area contributed by atoms with E-state index in [1.54, 1.807) is 0 Å². The Kier molecular flexibility index (Phi) is 3.92. The summed E-state index contributed by atoms with van der Waals surface area (Å²) in [6, 6.07) is -0.699. The average molecular weight is 199 g/mol. The van der Waals surface area contributed by atoms with Gasteiger partial charge in [0.15, 0.2) is 0 Å². The number of carbonyl (C=O) groups is 2. The van der Waals surface area contributed by atoms with Gasteiger partial charge in [-0.3, -0.25) is 4.79 Å². The van der Waals surface area contributed by atoms with Crippen LogP contribution >= 0.6 is 0 Å². The standard InChI is InChI=1S/C10H17NO3/c1-7(12)11-9(10(13)14)6-8-4-2-3-5-8/h8-9H,2-6H2,1H3,(H,11,12)(H,13,14)/t9-/m0/s1. The van der Waals surface area contributed by atoms with Gasteiger partial charge in [-0.2, -0.15) is 0 Å². The van der Waals surface area contributed by atoms with Crippen LogP contribution in [0.3, 0.4) is 0 Å². The van der Waals surface area contributed by atoms with E-state index in [1.165, 1.54) is 19.8 Å². The fraction of sp³-hybridized carbons (Fsp3) is 0.800. The lowest BCUT2D eigenvalue weighted by Crippen LogP contribution is -2.40. The Labute approximate surface area is 83.7 Å². The van der Waals surface area contributed by atoms with Crippen LogP contribution in [0.4, 0.5) is 0 Å². The van der Waals surface area contributed by atoms with Gasteiger partial charge >= 0.3 is 5.97 Å². The van der Waals surface area contributed by atoms with Gasteiger partial charge in [-0.15, -0.1) is 0 Å². The zero-order valence-electron chi connectivity index (χ0n) is 8.45. The van der Waals surface area contributed by atoms with Crippen molar-refractivity contribution in [3.63, 3.8) is 0 Å². The minimum atomic E-state index is -0.924. The summed E-state index contributed by atoms with van der Waals surface area (Å²) in [5.41, 5.74) is 0. The Bertz CT molecular complexity index is 221. The molecule has 1 amide bonds. The predicted octanol–water partition coefficient (Wildman–Crippen LogP) is 1.16. The maximum Gasteiger partial charge on any atom is 0.326 e. The molecule has 0 heterocycles. The molecular formula is C10H17NO3.